The summed E-state index contributed by atoms with van der Waals surface area (Å²) < 4.78 is 61.3. The fraction of sp³-hybridized carbons (Fsp3) is 0.455. The number of ether oxygens (including phenoxy) is 2. The molecule has 3 aliphatic heterocycles. The SMILES string of the molecule is Nc1nc2c(ncn2[C@@H]2O[C@@H]3COP(=O)(O)OC4C(O)[C@H](n5c(Cl)nc6cc(Cl)c(Cl)cc65)O[C@@H]4COP(=O)(O)OC2C3O)c(=O)[nH]1. The van der Waals surface area contributed by atoms with Gasteiger partial charge < -0.3 is 35.2 Å². The predicted octanol–water partition coefficient (Wildman–Crippen LogP) is 1.25. The number of hydrogen-bond donors (Lipinski definition) is 6. The molecule has 0 radical (unpaired) electrons. The first-order valence-corrected chi connectivity index (χ1v) is 17.5. The summed E-state index contributed by atoms with van der Waals surface area (Å²) in [6.45, 7) is -1.71. The first-order valence-electron chi connectivity index (χ1n) is 13.4. The maximum Gasteiger partial charge on any atom is 0.472 e. The zero-order chi connectivity index (χ0) is 33.6. The molecule has 4 aromatic rings. The average molecular weight is 761 g/mol. The molecule has 10 atom stereocenters. The Morgan fingerprint density at radius 2 is 1.55 bits per heavy atom. The quantitative estimate of drug-likeness (QED) is 0.157. The van der Waals surface area contributed by atoms with Crippen LogP contribution in [0.2, 0.25) is 15.3 Å². The van der Waals surface area contributed by atoms with Gasteiger partial charge in [-0.2, -0.15) is 4.98 Å². The van der Waals surface area contributed by atoms with E-state index in [-0.39, 0.29) is 43.5 Å². The van der Waals surface area contributed by atoms with Gasteiger partial charge in [0.2, 0.25) is 11.2 Å². The van der Waals surface area contributed by atoms with Crippen LogP contribution in [0.5, 0.6) is 0 Å². The Morgan fingerprint density at radius 3 is 2.28 bits per heavy atom. The number of aliphatic hydroxyl groups is 2. The Bertz CT molecular complexity index is 2050. The smallest absolute Gasteiger partial charge is 0.387 e. The number of aromatic nitrogens is 6. The maximum atomic E-state index is 13.3. The lowest BCUT2D eigenvalue weighted by molar-refractivity contribution is -0.0671. The van der Waals surface area contributed by atoms with Gasteiger partial charge in [0, 0.05) is 0 Å². The highest BCUT2D eigenvalue weighted by Crippen LogP contribution is 2.54. The molecular formula is C22H22Cl3N7O13P2. The molecule has 0 spiro atoms. The largest absolute Gasteiger partial charge is 0.472 e. The first kappa shape index (κ1) is 33.3. The number of aliphatic hydroxyl groups excluding tert-OH is 2. The van der Waals surface area contributed by atoms with Crippen LogP contribution in [0, 0.1) is 0 Å². The molecule has 3 aliphatic rings. The van der Waals surface area contributed by atoms with E-state index in [1.807, 2.05) is 0 Å². The minimum Gasteiger partial charge on any atom is -0.387 e. The van der Waals surface area contributed by atoms with Crippen molar-refractivity contribution < 1.29 is 56.7 Å². The molecule has 3 fully saturated rings. The number of nitrogens with zero attached hydrogens (tertiary/aromatic N) is 5. The summed E-state index contributed by atoms with van der Waals surface area (Å²) in [5.41, 5.74) is 5.15. The minimum absolute atomic E-state index is 0.116. The van der Waals surface area contributed by atoms with Crippen LogP contribution >= 0.6 is 50.4 Å². The van der Waals surface area contributed by atoms with E-state index in [1.165, 1.54) is 16.7 Å². The van der Waals surface area contributed by atoms with Crippen molar-refractivity contribution in [3.63, 3.8) is 0 Å². The molecule has 6 heterocycles. The normalized spacial score (nSPS) is 36.7. The molecule has 3 saturated heterocycles. The molecule has 0 aliphatic carbocycles. The van der Waals surface area contributed by atoms with Crippen LogP contribution in [0.4, 0.5) is 5.95 Å². The summed E-state index contributed by atoms with van der Waals surface area (Å²) in [6.07, 6.45) is -11.9. The number of H-pyrrole nitrogens is 1. The molecule has 20 nitrogen and oxygen atoms in total. The zero-order valence-corrected chi connectivity index (χ0v) is 27.1. The summed E-state index contributed by atoms with van der Waals surface area (Å²) in [4.78, 5) is 48.1. The molecule has 7 rings (SSSR count). The third-order valence-electron chi connectivity index (χ3n) is 7.60. The maximum absolute atomic E-state index is 13.3. The number of phosphoric ester groups is 2. The van der Waals surface area contributed by atoms with Gasteiger partial charge in [-0.25, -0.2) is 19.1 Å². The van der Waals surface area contributed by atoms with Gasteiger partial charge in [0.1, 0.15) is 36.6 Å². The molecule has 6 unspecified atom stereocenters. The van der Waals surface area contributed by atoms with Gasteiger partial charge in [-0.1, -0.05) is 23.2 Å². The Labute approximate surface area is 276 Å². The third kappa shape index (κ3) is 6.01. The van der Waals surface area contributed by atoms with Crippen molar-refractivity contribution in [1.29, 1.82) is 0 Å². The Balaban J connectivity index is 1.22. The van der Waals surface area contributed by atoms with Gasteiger partial charge in [-0.3, -0.25) is 37.0 Å². The van der Waals surface area contributed by atoms with E-state index in [9.17, 15) is 33.9 Å². The molecule has 2 bridgehead atoms. The number of nitrogens with one attached hydrogen (secondary N) is 1. The average Bonchev–Trinajstić information content (AvgIpc) is 3.70. The van der Waals surface area contributed by atoms with Gasteiger partial charge in [0.25, 0.3) is 5.56 Å². The van der Waals surface area contributed by atoms with Crippen LogP contribution in [0.25, 0.3) is 22.2 Å². The standard InChI is InChI=1S/C22H22Cl3N7O13P2/c23-6-1-8-9(2-7(6)24)32(21(25)28-8)19-14(34)15-11(43-19)4-41-47(38,39)45-16-13(33)10(3-40-46(36,37)44-15)42-20(16)31-5-27-12-17(31)29-22(26)30-18(12)35/h1-2,5,10-11,13-16,19-20,33-34H,3-4H2,(H,36,37)(H,38,39)(H3,26,29,30,35)/t10-,11-,13?,14?,15?,16?,19-,20-/m1/s1. The lowest BCUT2D eigenvalue weighted by atomic mass is 10.1. The van der Waals surface area contributed by atoms with E-state index < -0.39 is 83.5 Å². The van der Waals surface area contributed by atoms with Crippen molar-refractivity contribution in [3.05, 3.63) is 44.1 Å². The van der Waals surface area contributed by atoms with Crippen LogP contribution < -0.4 is 11.3 Å². The van der Waals surface area contributed by atoms with Crippen LogP contribution in [0.15, 0.2) is 23.3 Å². The highest BCUT2D eigenvalue weighted by molar-refractivity contribution is 7.47. The van der Waals surface area contributed by atoms with Crippen LogP contribution in [0.3, 0.4) is 0 Å². The van der Waals surface area contributed by atoms with Crippen molar-refractivity contribution in [2.45, 2.75) is 49.1 Å². The van der Waals surface area contributed by atoms with Crippen molar-refractivity contribution in [3.8, 4) is 0 Å². The van der Waals surface area contributed by atoms with Crippen LogP contribution in [-0.2, 0) is 36.7 Å². The summed E-state index contributed by atoms with van der Waals surface area (Å²) in [6, 6.07) is 2.81. The molecule has 7 N–H and O–H groups in total. The fourth-order valence-corrected chi connectivity index (χ4v) is 8.02. The lowest BCUT2D eigenvalue weighted by Crippen LogP contribution is -2.36. The van der Waals surface area contributed by atoms with E-state index in [2.05, 4.69) is 19.9 Å². The number of benzene rings is 1. The Kier molecular flexibility index (Phi) is 8.48. The van der Waals surface area contributed by atoms with Crippen molar-refractivity contribution in [2.24, 2.45) is 0 Å². The highest BCUT2D eigenvalue weighted by Gasteiger charge is 2.54. The van der Waals surface area contributed by atoms with Gasteiger partial charge in [0.05, 0.1) is 40.6 Å². The zero-order valence-electron chi connectivity index (χ0n) is 23.1. The minimum atomic E-state index is -5.15. The Hall–Kier alpha value is -2.23. The molecule has 1 aromatic carbocycles. The van der Waals surface area contributed by atoms with Crippen molar-refractivity contribution in [1.82, 2.24) is 29.1 Å². The predicted molar refractivity (Wildman–Crippen MR) is 158 cm³/mol. The molecule has 254 valence electrons. The number of aromatic amines is 1. The molecule has 0 amide bonds. The van der Waals surface area contributed by atoms with Gasteiger partial charge in [-0.15, -0.1) is 0 Å². The number of imidazole rings is 2. The van der Waals surface area contributed by atoms with Crippen LogP contribution in [0.1, 0.15) is 12.5 Å². The molecule has 25 heteroatoms. The first-order chi connectivity index (χ1) is 22.1. The number of halogens is 3. The van der Waals surface area contributed by atoms with Crippen LogP contribution in [-0.4, -0.2) is 98.9 Å². The van der Waals surface area contributed by atoms with E-state index >= 15 is 0 Å². The molecular weight excluding hydrogens is 739 g/mol. The second kappa shape index (κ2) is 12.0. The number of fused-ring (bicyclic) bond motifs is 5. The van der Waals surface area contributed by atoms with E-state index in [1.54, 1.807) is 0 Å². The second-order valence-electron chi connectivity index (χ2n) is 10.6. The number of nitrogens with two attached hydrogens (primary N) is 1. The topological polar surface area (TPSA) is 278 Å². The number of phosphoric acid groups is 2. The monoisotopic (exact) mass is 759 g/mol. The number of anilines is 1. The van der Waals surface area contributed by atoms with Gasteiger partial charge in [0.15, 0.2) is 23.6 Å². The van der Waals surface area contributed by atoms with E-state index in [4.69, 9.17) is 68.1 Å². The van der Waals surface area contributed by atoms with Crippen molar-refractivity contribution >= 4 is 78.6 Å². The number of rotatable bonds is 2. The molecule has 0 saturated carbocycles. The lowest BCUT2D eigenvalue weighted by Gasteiger charge is -2.25. The number of hydrogen-bond acceptors (Lipinski definition) is 15. The Morgan fingerprint density at radius 1 is 0.915 bits per heavy atom. The summed E-state index contributed by atoms with van der Waals surface area (Å²) >= 11 is 18.6. The fourth-order valence-electron chi connectivity index (χ4n) is 5.53. The highest BCUT2D eigenvalue weighted by atomic mass is 35.5. The van der Waals surface area contributed by atoms with Crippen molar-refractivity contribution in [2.75, 3.05) is 18.9 Å². The second-order valence-corrected chi connectivity index (χ2v) is 14.5. The van der Waals surface area contributed by atoms with E-state index in [0.29, 0.717) is 0 Å². The van der Waals surface area contributed by atoms with Gasteiger partial charge in [-0.05, 0) is 23.7 Å². The molecule has 47 heavy (non-hydrogen) atoms. The third-order valence-corrected chi connectivity index (χ3v) is 10.6. The summed E-state index contributed by atoms with van der Waals surface area (Å²) in [5, 5.41) is 22.4. The summed E-state index contributed by atoms with van der Waals surface area (Å²) in [5.74, 6) is -0.291. The van der Waals surface area contributed by atoms with Gasteiger partial charge >= 0.3 is 15.6 Å². The number of nitrogen functional groups attached to an aromatic ring is 1. The van der Waals surface area contributed by atoms with E-state index in [0.717, 1.165) is 10.9 Å². The summed E-state index contributed by atoms with van der Waals surface area (Å²) in [7, 11) is -10.3. The molecule has 3 aromatic heterocycles.